The molecule has 0 aromatic heterocycles. The van der Waals surface area contributed by atoms with Gasteiger partial charge in [-0.05, 0) is 56.7 Å². The zero-order valence-corrected chi connectivity index (χ0v) is 21.5. The normalized spacial score (nSPS) is 16.3. The van der Waals surface area contributed by atoms with Crippen molar-refractivity contribution in [2.45, 2.75) is 90.4 Å². The average molecular weight is 472 g/mol. The van der Waals surface area contributed by atoms with E-state index in [-0.39, 0.29) is 23.8 Å². The highest BCUT2D eigenvalue weighted by molar-refractivity contribution is 5.92. The van der Waals surface area contributed by atoms with E-state index in [1.165, 1.54) is 11.3 Å². The Hall–Kier alpha value is -2.83. The van der Waals surface area contributed by atoms with Gasteiger partial charge in [-0.3, -0.25) is 9.59 Å². The van der Waals surface area contributed by atoms with Crippen LogP contribution in [0.3, 0.4) is 0 Å². The number of nitrogens with zero attached hydrogens (tertiary/aromatic N) is 1. The highest BCUT2D eigenvalue weighted by Gasteiger charge is 2.36. The second kappa shape index (κ2) is 12.0. The van der Waals surface area contributed by atoms with Crippen LogP contribution in [-0.2, 0) is 14.3 Å². The molecule has 0 bridgehead atoms. The molecular formula is C27H41N3O4. The van der Waals surface area contributed by atoms with Gasteiger partial charge in [0.1, 0.15) is 17.7 Å². The summed E-state index contributed by atoms with van der Waals surface area (Å²) in [6, 6.07) is 5.89. The van der Waals surface area contributed by atoms with Crippen LogP contribution >= 0.6 is 0 Å². The maximum absolute atomic E-state index is 13.6. The number of hydrogen-bond donors (Lipinski definition) is 2. The molecule has 1 saturated carbocycles. The van der Waals surface area contributed by atoms with Gasteiger partial charge in [0.2, 0.25) is 11.8 Å². The van der Waals surface area contributed by atoms with Crippen molar-refractivity contribution in [2.75, 3.05) is 7.05 Å². The van der Waals surface area contributed by atoms with Gasteiger partial charge in [0, 0.05) is 13.1 Å². The van der Waals surface area contributed by atoms with Crippen LogP contribution < -0.4 is 10.6 Å². The van der Waals surface area contributed by atoms with E-state index in [4.69, 9.17) is 4.74 Å². The fourth-order valence-electron chi connectivity index (χ4n) is 4.23. The van der Waals surface area contributed by atoms with Crippen LogP contribution in [0.2, 0.25) is 0 Å². The molecular weight excluding hydrogens is 430 g/mol. The van der Waals surface area contributed by atoms with Crippen LogP contribution in [0, 0.1) is 5.92 Å². The van der Waals surface area contributed by atoms with Crippen LogP contribution in [0.4, 0.5) is 4.79 Å². The number of likely N-dealkylation sites (N-methyl/N-ethyl adjacent to an activating group) is 1. The molecule has 1 fully saturated rings. The number of nitrogens with one attached hydrogen (secondary N) is 2. The Morgan fingerprint density at radius 3 is 2.35 bits per heavy atom. The fourth-order valence-corrected chi connectivity index (χ4v) is 4.23. The number of alkyl carbamates (subject to hydrolysis) is 1. The minimum Gasteiger partial charge on any atom is -0.444 e. The first-order chi connectivity index (χ1) is 15.9. The monoisotopic (exact) mass is 471 g/mol. The number of amides is 3. The third-order valence-electron chi connectivity index (χ3n) is 6.00. The molecule has 2 atom stereocenters. The SMILES string of the molecule is C=Cc1cccc(C(C(=O)NC2CCCCC2)N(C)C(=O)C(NC(=O)OC(C)(C)C)C(C)C)c1. The van der Waals surface area contributed by atoms with Gasteiger partial charge in [0.25, 0.3) is 0 Å². The van der Waals surface area contributed by atoms with Crippen molar-refractivity contribution < 1.29 is 19.1 Å². The van der Waals surface area contributed by atoms with Gasteiger partial charge in [-0.15, -0.1) is 0 Å². The minimum atomic E-state index is -0.840. The van der Waals surface area contributed by atoms with Crippen molar-refractivity contribution in [1.82, 2.24) is 15.5 Å². The van der Waals surface area contributed by atoms with E-state index in [9.17, 15) is 14.4 Å². The Morgan fingerprint density at radius 1 is 1.15 bits per heavy atom. The molecule has 2 rings (SSSR count). The van der Waals surface area contributed by atoms with E-state index < -0.39 is 23.8 Å². The van der Waals surface area contributed by atoms with E-state index in [2.05, 4.69) is 17.2 Å². The van der Waals surface area contributed by atoms with Crippen molar-refractivity contribution >= 4 is 24.0 Å². The quantitative estimate of drug-likeness (QED) is 0.569. The van der Waals surface area contributed by atoms with Crippen LogP contribution in [0.1, 0.15) is 83.9 Å². The zero-order valence-electron chi connectivity index (χ0n) is 21.5. The molecule has 0 aliphatic heterocycles. The Morgan fingerprint density at radius 2 is 1.79 bits per heavy atom. The van der Waals surface area contributed by atoms with Crippen molar-refractivity contribution in [2.24, 2.45) is 5.92 Å². The third-order valence-corrected chi connectivity index (χ3v) is 6.00. The highest BCUT2D eigenvalue weighted by Crippen LogP contribution is 2.25. The summed E-state index contributed by atoms with van der Waals surface area (Å²) in [6.45, 7) is 12.8. The van der Waals surface area contributed by atoms with Gasteiger partial charge in [0.05, 0.1) is 0 Å². The fraction of sp³-hybridized carbons (Fsp3) is 0.593. The first-order valence-electron chi connectivity index (χ1n) is 12.2. The molecule has 7 heteroatoms. The van der Waals surface area contributed by atoms with Crippen LogP contribution in [-0.4, -0.2) is 47.5 Å². The summed E-state index contributed by atoms with van der Waals surface area (Å²) in [7, 11) is 1.61. The topological polar surface area (TPSA) is 87.7 Å². The summed E-state index contributed by atoms with van der Waals surface area (Å²) in [5, 5.41) is 5.86. The van der Waals surface area contributed by atoms with Crippen molar-refractivity contribution in [3.05, 3.63) is 42.0 Å². The maximum atomic E-state index is 13.6. The zero-order chi connectivity index (χ0) is 25.5. The second-order valence-corrected chi connectivity index (χ2v) is 10.4. The second-order valence-electron chi connectivity index (χ2n) is 10.4. The van der Waals surface area contributed by atoms with Crippen molar-refractivity contribution in [1.29, 1.82) is 0 Å². The molecule has 1 aliphatic rings. The Bertz CT molecular complexity index is 869. The standard InChI is InChI=1S/C27H41N3O4/c1-8-19-13-12-14-20(17-19)23(24(31)28-21-15-10-9-11-16-21)30(7)25(32)22(18(2)3)29-26(33)34-27(4,5)6/h8,12-14,17-18,21-23H,1,9-11,15-16H2,2-7H3,(H,28,31)(H,29,33). The first-order valence-corrected chi connectivity index (χ1v) is 12.2. The van der Waals surface area contributed by atoms with Gasteiger partial charge in [-0.1, -0.05) is 64.0 Å². The van der Waals surface area contributed by atoms with Gasteiger partial charge in [-0.2, -0.15) is 0 Å². The van der Waals surface area contributed by atoms with E-state index in [0.717, 1.165) is 31.2 Å². The summed E-state index contributed by atoms with van der Waals surface area (Å²) in [5.41, 5.74) is 0.871. The summed E-state index contributed by atoms with van der Waals surface area (Å²) >= 11 is 0. The van der Waals surface area contributed by atoms with Crippen LogP contribution in [0.15, 0.2) is 30.8 Å². The maximum Gasteiger partial charge on any atom is 0.408 e. The molecule has 188 valence electrons. The van der Waals surface area contributed by atoms with Crippen molar-refractivity contribution in [3.63, 3.8) is 0 Å². The van der Waals surface area contributed by atoms with Gasteiger partial charge >= 0.3 is 6.09 Å². The molecule has 1 aliphatic carbocycles. The van der Waals surface area contributed by atoms with Crippen molar-refractivity contribution in [3.8, 4) is 0 Å². The molecule has 2 unspecified atom stereocenters. The summed E-state index contributed by atoms with van der Waals surface area (Å²) in [6.07, 6.45) is 6.29. The summed E-state index contributed by atoms with van der Waals surface area (Å²) < 4.78 is 5.36. The highest BCUT2D eigenvalue weighted by atomic mass is 16.6. The van der Waals surface area contributed by atoms with E-state index in [1.807, 2.05) is 38.1 Å². The molecule has 7 nitrogen and oxygen atoms in total. The molecule has 3 amide bonds. The van der Waals surface area contributed by atoms with Gasteiger partial charge < -0.3 is 20.3 Å². The molecule has 34 heavy (non-hydrogen) atoms. The predicted molar refractivity (Wildman–Crippen MR) is 135 cm³/mol. The van der Waals surface area contributed by atoms with E-state index >= 15 is 0 Å². The average Bonchev–Trinajstić information content (AvgIpc) is 2.76. The molecule has 0 spiro atoms. The largest absolute Gasteiger partial charge is 0.444 e. The molecule has 2 N–H and O–H groups in total. The van der Waals surface area contributed by atoms with Gasteiger partial charge in [0.15, 0.2) is 0 Å². The molecule has 0 radical (unpaired) electrons. The lowest BCUT2D eigenvalue weighted by Crippen LogP contribution is -2.54. The van der Waals surface area contributed by atoms with E-state index in [1.54, 1.807) is 33.9 Å². The minimum absolute atomic E-state index is 0.107. The smallest absolute Gasteiger partial charge is 0.408 e. The molecule has 0 saturated heterocycles. The first kappa shape index (κ1) is 27.4. The number of ether oxygens (including phenoxy) is 1. The molecule has 1 aromatic rings. The number of carbonyl (C=O) groups is 3. The Balaban J connectivity index is 2.32. The number of rotatable bonds is 8. The lowest BCUT2D eigenvalue weighted by molar-refractivity contribution is -0.142. The predicted octanol–water partition coefficient (Wildman–Crippen LogP) is 4.83. The third kappa shape index (κ3) is 7.89. The van der Waals surface area contributed by atoms with Crippen LogP contribution in [0.5, 0.6) is 0 Å². The number of hydrogen-bond acceptors (Lipinski definition) is 4. The molecule has 0 heterocycles. The Kier molecular flexibility index (Phi) is 9.71. The molecule has 1 aromatic carbocycles. The van der Waals surface area contributed by atoms with Gasteiger partial charge in [-0.25, -0.2) is 4.79 Å². The summed E-state index contributed by atoms with van der Waals surface area (Å²) in [4.78, 5) is 41.0. The summed E-state index contributed by atoms with van der Waals surface area (Å²) in [5.74, 6) is -0.776. The lowest BCUT2D eigenvalue weighted by Gasteiger charge is -2.34. The van der Waals surface area contributed by atoms with Crippen LogP contribution in [0.25, 0.3) is 6.08 Å². The lowest BCUT2D eigenvalue weighted by atomic mass is 9.94. The number of benzene rings is 1. The number of carbonyl (C=O) groups excluding carboxylic acids is 3. The van der Waals surface area contributed by atoms with E-state index in [0.29, 0.717) is 5.56 Å². The Labute approximate surface area is 204 Å².